The minimum Gasteiger partial charge on any atom is -0.504 e. The smallest absolute Gasteiger partial charge is 0.181 e. The van der Waals surface area contributed by atoms with Crippen molar-refractivity contribution in [2.75, 3.05) is 5.73 Å². The summed E-state index contributed by atoms with van der Waals surface area (Å²) in [6.45, 7) is 0. The van der Waals surface area contributed by atoms with E-state index < -0.39 is 11.5 Å². The molecule has 0 saturated heterocycles. The van der Waals surface area contributed by atoms with Crippen molar-refractivity contribution in [3.05, 3.63) is 47.0 Å². The van der Waals surface area contributed by atoms with Crippen LogP contribution >= 0.6 is 11.3 Å². The molecule has 0 amide bonds. The second-order valence-electron chi connectivity index (χ2n) is 4.82. The average molecular weight is 324 g/mol. The number of aromatic hydroxyl groups is 2. The van der Waals surface area contributed by atoms with Gasteiger partial charge in [-0.05, 0) is 24.3 Å². The quantitative estimate of drug-likeness (QED) is 0.326. The summed E-state index contributed by atoms with van der Waals surface area (Å²) in [5.41, 5.74) is 13.1. The normalized spacial score (nSPS) is 12.0. The lowest BCUT2D eigenvalue weighted by Crippen LogP contribution is -2.01. The van der Waals surface area contributed by atoms with Gasteiger partial charge in [-0.3, -0.25) is 0 Å². The Morgan fingerprint density at radius 2 is 1.96 bits per heavy atom. The van der Waals surface area contributed by atoms with Gasteiger partial charge in [-0.1, -0.05) is 12.1 Å². The zero-order valence-electron chi connectivity index (χ0n) is 11.8. The fraction of sp³-hybridized carbons (Fsp3) is 0. The number of nitriles is 1. The number of thiazole rings is 1. The number of fused-ring (bicyclic) bond motifs is 1. The van der Waals surface area contributed by atoms with Crippen LogP contribution in [-0.2, 0) is 0 Å². The van der Waals surface area contributed by atoms with E-state index >= 15 is 0 Å². The summed E-state index contributed by atoms with van der Waals surface area (Å²) in [4.78, 5) is 4.41. The van der Waals surface area contributed by atoms with Gasteiger partial charge in [0.05, 0.1) is 21.6 Å². The van der Waals surface area contributed by atoms with Crippen molar-refractivity contribution in [2.45, 2.75) is 0 Å². The van der Waals surface area contributed by atoms with Crippen LogP contribution in [0.15, 0.2) is 36.4 Å². The Morgan fingerprint density at radius 3 is 2.61 bits per heavy atom. The lowest BCUT2D eigenvalue weighted by Gasteiger charge is -2.08. The topological polar surface area (TPSA) is 129 Å². The molecule has 3 rings (SSSR count). The number of hydrogen-bond acceptors (Lipinski definition) is 7. The number of hydrogen-bond donors (Lipinski definition) is 4. The van der Waals surface area contributed by atoms with Crippen LogP contribution < -0.4 is 11.5 Å². The summed E-state index contributed by atoms with van der Waals surface area (Å²) >= 11 is 1.35. The molecule has 0 unspecified atom stereocenters. The number of rotatable bonds is 2. The van der Waals surface area contributed by atoms with E-state index in [9.17, 15) is 15.5 Å². The monoisotopic (exact) mass is 324 g/mol. The standard InChI is InChI=1S/C16H12N4O2S/c17-7-9(16-20-11-3-1-2-4-13(11)23-16)14(19)8-5-10(18)15(22)12(21)6-8/h1-6,21-22H,18-19H2/b14-9-. The van der Waals surface area contributed by atoms with Gasteiger partial charge in [-0.15, -0.1) is 11.3 Å². The van der Waals surface area contributed by atoms with E-state index in [-0.39, 0.29) is 17.0 Å². The molecule has 1 heterocycles. The maximum absolute atomic E-state index is 9.67. The third-order valence-electron chi connectivity index (χ3n) is 3.32. The SMILES string of the molecule is N#C/C(=C(/N)c1cc(N)c(O)c(O)c1)c1nc2ccccc2s1. The molecule has 0 aliphatic heterocycles. The molecule has 0 aliphatic carbocycles. The zero-order valence-corrected chi connectivity index (χ0v) is 12.6. The van der Waals surface area contributed by atoms with Crippen LogP contribution in [-0.4, -0.2) is 15.2 Å². The van der Waals surface area contributed by atoms with E-state index in [2.05, 4.69) is 4.98 Å². The Morgan fingerprint density at radius 1 is 1.22 bits per heavy atom. The molecule has 114 valence electrons. The molecule has 6 N–H and O–H groups in total. The van der Waals surface area contributed by atoms with E-state index in [4.69, 9.17) is 11.5 Å². The lowest BCUT2D eigenvalue weighted by molar-refractivity contribution is 0.405. The van der Waals surface area contributed by atoms with Gasteiger partial charge in [-0.2, -0.15) is 5.26 Å². The minimum absolute atomic E-state index is 0.0236. The Kier molecular flexibility index (Phi) is 3.52. The van der Waals surface area contributed by atoms with Crippen LogP contribution in [0.4, 0.5) is 5.69 Å². The molecule has 0 saturated carbocycles. The van der Waals surface area contributed by atoms with Gasteiger partial charge in [0.2, 0.25) is 0 Å². The van der Waals surface area contributed by atoms with E-state index in [1.165, 1.54) is 23.5 Å². The highest BCUT2D eigenvalue weighted by atomic mass is 32.1. The van der Waals surface area contributed by atoms with Gasteiger partial charge in [-0.25, -0.2) is 4.98 Å². The van der Waals surface area contributed by atoms with E-state index in [0.717, 1.165) is 10.2 Å². The second kappa shape index (κ2) is 5.51. The predicted octanol–water partition coefficient (Wildman–Crippen LogP) is 2.64. The summed E-state index contributed by atoms with van der Waals surface area (Å²) < 4.78 is 0.941. The third kappa shape index (κ3) is 2.52. The largest absolute Gasteiger partial charge is 0.504 e. The molecule has 1 aromatic heterocycles. The van der Waals surface area contributed by atoms with Crippen molar-refractivity contribution in [3.63, 3.8) is 0 Å². The van der Waals surface area contributed by atoms with Crippen molar-refractivity contribution in [2.24, 2.45) is 5.73 Å². The summed E-state index contributed by atoms with van der Waals surface area (Å²) in [5.74, 6) is -0.815. The number of nitrogens with zero attached hydrogens (tertiary/aromatic N) is 2. The molecule has 0 bridgehead atoms. The van der Waals surface area contributed by atoms with Crippen LogP contribution in [0.1, 0.15) is 10.6 Å². The Labute approximate surface area is 135 Å². The van der Waals surface area contributed by atoms with Crippen LogP contribution in [0, 0.1) is 11.3 Å². The molecule has 0 spiro atoms. The van der Waals surface area contributed by atoms with Crippen molar-refractivity contribution in [3.8, 4) is 17.6 Å². The summed E-state index contributed by atoms with van der Waals surface area (Å²) in [7, 11) is 0. The number of phenolic OH excluding ortho intramolecular Hbond substituents is 2. The highest BCUT2D eigenvalue weighted by molar-refractivity contribution is 7.19. The van der Waals surface area contributed by atoms with Gasteiger partial charge in [0.15, 0.2) is 11.5 Å². The first-order chi connectivity index (χ1) is 11.0. The number of aromatic nitrogens is 1. The van der Waals surface area contributed by atoms with Crippen LogP contribution in [0.5, 0.6) is 11.5 Å². The molecule has 23 heavy (non-hydrogen) atoms. The van der Waals surface area contributed by atoms with Gasteiger partial charge in [0.25, 0.3) is 0 Å². The number of allylic oxidation sites excluding steroid dienone is 1. The Bertz CT molecular complexity index is 929. The van der Waals surface area contributed by atoms with E-state index in [0.29, 0.717) is 10.6 Å². The maximum Gasteiger partial charge on any atom is 0.181 e. The molecule has 3 aromatic rings. The van der Waals surface area contributed by atoms with Crippen LogP contribution in [0.3, 0.4) is 0 Å². The predicted molar refractivity (Wildman–Crippen MR) is 90.4 cm³/mol. The van der Waals surface area contributed by atoms with Crippen molar-refractivity contribution in [1.82, 2.24) is 4.98 Å². The van der Waals surface area contributed by atoms with Crippen molar-refractivity contribution >= 4 is 38.5 Å². The first kappa shape index (κ1) is 14.7. The minimum atomic E-state index is -0.417. The molecule has 0 aliphatic rings. The summed E-state index contributed by atoms with van der Waals surface area (Å²) in [5, 5.41) is 29.1. The fourth-order valence-corrected chi connectivity index (χ4v) is 3.12. The molecule has 0 radical (unpaired) electrons. The fourth-order valence-electron chi connectivity index (χ4n) is 2.14. The number of phenols is 2. The van der Waals surface area contributed by atoms with E-state index in [1.54, 1.807) is 0 Å². The second-order valence-corrected chi connectivity index (χ2v) is 5.85. The number of nitrogens with two attached hydrogens (primary N) is 2. The van der Waals surface area contributed by atoms with Gasteiger partial charge < -0.3 is 21.7 Å². The highest BCUT2D eigenvalue weighted by Crippen LogP contribution is 2.36. The Balaban J connectivity index is 2.18. The van der Waals surface area contributed by atoms with Gasteiger partial charge in [0.1, 0.15) is 16.6 Å². The molecule has 0 fully saturated rings. The highest BCUT2D eigenvalue weighted by Gasteiger charge is 2.16. The molecule has 6 nitrogen and oxygen atoms in total. The average Bonchev–Trinajstić information content (AvgIpc) is 2.96. The van der Waals surface area contributed by atoms with Crippen molar-refractivity contribution < 1.29 is 10.2 Å². The van der Waals surface area contributed by atoms with Gasteiger partial charge >= 0.3 is 0 Å². The first-order valence-electron chi connectivity index (χ1n) is 6.59. The zero-order chi connectivity index (χ0) is 16.6. The number of para-hydroxylation sites is 1. The summed E-state index contributed by atoms with van der Waals surface area (Å²) in [6.07, 6.45) is 0. The third-order valence-corrected chi connectivity index (χ3v) is 4.37. The van der Waals surface area contributed by atoms with Crippen molar-refractivity contribution in [1.29, 1.82) is 5.26 Å². The number of benzene rings is 2. The molecule has 7 heteroatoms. The summed E-state index contributed by atoms with van der Waals surface area (Å²) in [6, 6.07) is 12.2. The number of anilines is 1. The van der Waals surface area contributed by atoms with Crippen LogP contribution in [0.2, 0.25) is 0 Å². The molecular weight excluding hydrogens is 312 g/mol. The lowest BCUT2D eigenvalue weighted by atomic mass is 10.1. The molecular formula is C16H12N4O2S. The Hall–Kier alpha value is -3.24. The van der Waals surface area contributed by atoms with Crippen LogP contribution in [0.25, 0.3) is 21.5 Å². The van der Waals surface area contributed by atoms with E-state index in [1.807, 2.05) is 30.3 Å². The maximum atomic E-state index is 9.67. The first-order valence-corrected chi connectivity index (χ1v) is 7.40. The number of nitrogen functional groups attached to an aromatic ring is 1. The van der Waals surface area contributed by atoms with Gasteiger partial charge in [0, 0.05) is 5.56 Å². The molecule has 0 atom stereocenters. The molecule has 2 aromatic carbocycles.